The van der Waals surface area contributed by atoms with Crippen molar-refractivity contribution in [3.8, 4) is 0 Å². The Labute approximate surface area is 131 Å². The van der Waals surface area contributed by atoms with Gasteiger partial charge in [-0.3, -0.25) is 0 Å². The maximum atomic E-state index is 13.0. The van der Waals surface area contributed by atoms with Crippen molar-refractivity contribution >= 4 is 9.84 Å². The number of fused-ring (bicyclic) bond motifs is 1. The zero-order valence-corrected chi connectivity index (χ0v) is 14.0. The van der Waals surface area contributed by atoms with Crippen molar-refractivity contribution in [3.63, 3.8) is 0 Å². The lowest BCUT2D eigenvalue weighted by Crippen LogP contribution is -2.47. The lowest BCUT2D eigenvalue weighted by Gasteiger charge is -2.28. The van der Waals surface area contributed by atoms with Gasteiger partial charge in [-0.15, -0.1) is 0 Å². The molecule has 1 aromatic rings. The van der Waals surface area contributed by atoms with Crippen molar-refractivity contribution in [2.75, 3.05) is 6.54 Å². The molecule has 0 bridgehead atoms. The minimum atomic E-state index is -3.41. The van der Waals surface area contributed by atoms with Gasteiger partial charge in [0.15, 0.2) is 15.6 Å². The molecule has 22 heavy (non-hydrogen) atoms. The Hall–Kier alpha value is -0.950. The highest BCUT2D eigenvalue weighted by Gasteiger charge is 2.53. The largest absolute Gasteiger partial charge is 0.343 e. The van der Waals surface area contributed by atoms with E-state index < -0.39 is 20.9 Å². The van der Waals surface area contributed by atoms with Crippen LogP contribution in [0.4, 0.5) is 0 Å². The number of hydrogen-bond acceptors (Lipinski definition) is 5. The third kappa shape index (κ3) is 2.69. The molecule has 1 aromatic carbocycles. The summed E-state index contributed by atoms with van der Waals surface area (Å²) in [6.45, 7) is 6.27. The molecule has 3 rings (SSSR count). The highest BCUT2D eigenvalue weighted by atomic mass is 32.2. The number of ether oxygens (including phenoxy) is 2. The van der Waals surface area contributed by atoms with E-state index in [1.54, 1.807) is 24.3 Å². The first-order chi connectivity index (χ1) is 10.3. The van der Waals surface area contributed by atoms with Crippen LogP contribution in [0.5, 0.6) is 0 Å². The first-order valence-electron chi connectivity index (χ1n) is 7.73. The molecule has 0 amide bonds. The van der Waals surface area contributed by atoms with E-state index in [1.807, 2.05) is 26.8 Å². The minimum Gasteiger partial charge on any atom is -0.343 e. The molecule has 1 N–H and O–H groups in total. The molecule has 0 saturated carbocycles. The summed E-state index contributed by atoms with van der Waals surface area (Å²) in [6, 6.07) is 8.38. The maximum Gasteiger partial charge on any atom is 0.182 e. The molecule has 0 aromatic heterocycles. The molecule has 4 atom stereocenters. The van der Waals surface area contributed by atoms with Crippen LogP contribution < -0.4 is 5.32 Å². The SMILES string of the molecule is CCC(C1NC[C@H]2OC(C)(C)O[C@@H]12)S(=O)(=O)c1ccccc1. The van der Waals surface area contributed by atoms with Crippen molar-refractivity contribution in [2.45, 2.75) is 61.4 Å². The summed E-state index contributed by atoms with van der Waals surface area (Å²) >= 11 is 0. The molecule has 0 radical (unpaired) electrons. The quantitative estimate of drug-likeness (QED) is 0.913. The molecule has 0 aliphatic carbocycles. The van der Waals surface area contributed by atoms with Gasteiger partial charge in [0.2, 0.25) is 0 Å². The first-order valence-corrected chi connectivity index (χ1v) is 9.28. The molecular formula is C16H23NO4S. The van der Waals surface area contributed by atoms with E-state index in [4.69, 9.17) is 9.47 Å². The summed E-state index contributed by atoms with van der Waals surface area (Å²) < 4.78 is 37.7. The van der Waals surface area contributed by atoms with Gasteiger partial charge in [0.1, 0.15) is 12.2 Å². The van der Waals surface area contributed by atoms with E-state index in [9.17, 15) is 8.42 Å². The molecule has 2 aliphatic rings. The standard InChI is InChI=1S/C16H23NO4S/c1-4-13(22(18,19)11-8-6-5-7-9-11)14-15-12(10-17-14)20-16(2,3)21-15/h5-9,12-15,17H,4,10H2,1-3H3/t12-,13?,14?,15-/m1/s1. The number of benzene rings is 1. The predicted octanol–water partition coefficient (Wildman–Crippen LogP) is 1.73. The summed E-state index contributed by atoms with van der Waals surface area (Å²) in [6.07, 6.45) is 0.223. The van der Waals surface area contributed by atoms with Gasteiger partial charge in [-0.05, 0) is 32.4 Å². The van der Waals surface area contributed by atoms with E-state index in [2.05, 4.69) is 5.32 Å². The van der Waals surface area contributed by atoms with E-state index in [0.29, 0.717) is 17.9 Å². The third-order valence-electron chi connectivity index (χ3n) is 4.40. The zero-order valence-electron chi connectivity index (χ0n) is 13.2. The van der Waals surface area contributed by atoms with Gasteiger partial charge in [-0.2, -0.15) is 0 Å². The van der Waals surface area contributed by atoms with Gasteiger partial charge in [0.05, 0.1) is 16.2 Å². The monoisotopic (exact) mass is 325 g/mol. The van der Waals surface area contributed by atoms with Crippen molar-refractivity contribution in [3.05, 3.63) is 30.3 Å². The summed E-state index contributed by atoms with van der Waals surface area (Å²) in [5, 5.41) is 2.77. The van der Waals surface area contributed by atoms with Crippen molar-refractivity contribution in [2.24, 2.45) is 0 Å². The molecular weight excluding hydrogens is 302 g/mol. The first kappa shape index (κ1) is 15.9. The lowest BCUT2D eigenvalue weighted by atomic mass is 10.1. The Morgan fingerprint density at radius 3 is 2.59 bits per heavy atom. The highest BCUT2D eigenvalue weighted by Crippen LogP contribution is 2.36. The Balaban J connectivity index is 1.89. The van der Waals surface area contributed by atoms with Gasteiger partial charge in [0.25, 0.3) is 0 Å². The molecule has 2 saturated heterocycles. The second-order valence-corrected chi connectivity index (χ2v) is 8.54. The summed E-state index contributed by atoms with van der Waals surface area (Å²) in [4.78, 5) is 0.366. The van der Waals surface area contributed by atoms with E-state index in [1.165, 1.54) is 0 Å². The van der Waals surface area contributed by atoms with Gasteiger partial charge in [-0.25, -0.2) is 8.42 Å². The molecule has 2 heterocycles. The van der Waals surface area contributed by atoms with E-state index in [0.717, 1.165) is 0 Å². The Bertz CT molecular complexity index is 629. The maximum absolute atomic E-state index is 13.0. The summed E-state index contributed by atoms with van der Waals surface area (Å²) in [7, 11) is -3.41. The average Bonchev–Trinajstić information content (AvgIpc) is 2.97. The molecule has 2 unspecified atom stereocenters. The minimum absolute atomic E-state index is 0.0833. The van der Waals surface area contributed by atoms with Crippen LogP contribution >= 0.6 is 0 Å². The molecule has 6 heteroatoms. The molecule has 5 nitrogen and oxygen atoms in total. The second-order valence-electron chi connectivity index (χ2n) is 6.38. The summed E-state index contributed by atoms with van der Waals surface area (Å²) in [5.41, 5.74) is 0. The van der Waals surface area contributed by atoms with E-state index in [-0.39, 0.29) is 18.2 Å². The van der Waals surface area contributed by atoms with Crippen LogP contribution in [-0.2, 0) is 19.3 Å². The Kier molecular flexibility index (Phi) is 4.05. The fraction of sp³-hybridized carbons (Fsp3) is 0.625. The van der Waals surface area contributed by atoms with Crippen molar-refractivity contribution < 1.29 is 17.9 Å². The number of rotatable bonds is 4. The van der Waals surface area contributed by atoms with Gasteiger partial charge >= 0.3 is 0 Å². The van der Waals surface area contributed by atoms with Crippen LogP contribution in [0.3, 0.4) is 0 Å². The van der Waals surface area contributed by atoms with Gasteiger partial charge in [-0.1, -0.05) is 25.1 Å². The van der Waals surface area contributed by atoms with Crippen LogP contribution in [0.1, 0.15) is 27.2 Å². The molecule has 122 valence electrons. The fourth-order valence-electron chi connectivity index (χ4n) is 3.49. The van der Waals surface area contributed by atoms with Crippen LogP contribution in [0, 0.1) is 0 Å². The molecule has 2 aliphatic heterocycles. The lowest BCUT2D eigenvalue weighted by molar-refractivity contribution is -0.152. The average molecular weight is 325 g/mol. The second kappa shape index (κ2) is 5.60. The fourth-order valence-corrected chi connectivity index (χ4v) is 5.45. The smallest absolute Gasteiger partial charge is 0.182 e. The van der Waals surface area contributed by atoms with Crippen LogP contribution in [-0.4, -0.2) is 44.2 Å². The van der Waals surface area contributed by atoms with Crippen LogP contribution in [0.2, 0.25) is 0 Å². The van der Waals surface area contributed by atoms with Gasteiger partial charge < -0.3 is 14.8 Å². The summed E-state index contributed by atoms with van der Waals surface area (Å²) in [5.74, 6) is -0.648. The molecule has 2 fully saturated rings. The number of hydrogen-bond donors (Lipinski definition) is 1. The molecule has 0 spiro atoms. The zero-order chi connectivity index (χ0) is 16.0. The third-order valence-corrected chi connectivity index (χ3v) is 6.76. The van der Waals surface area contributed by atoms with E-state index >= 15 is 0 Å². The van der Waals surface area contributed by atoms with Crippen molar-refractivity contribution in [1.82, 2.24) is 5.32 Å². The van der Waals surface area contributed by atoms with Gasteiger partial charge in [0, 0.05) is 6.54 Å². The van der Waals surface area contributed by atoms with Crippen LogP contribution in [0.15, 0.2) is 35.2 Å². The highest BCUT2D eigenvalue weighted by molar-refractivity contribution is 7.92. The van der Waals surface area contributed by atoms with Crippen LogP contribution in [0.25, 0.3) is 0 Å². The normalized spacial score (nSPS) is 31.9. The Morgan fingerprint density at radius 2 is 1.95 bits per heavy atom. The number of sulfone groups is 1. The van der Waals surface area contributed by atoms with Crippen molar-refractivity contribution in [1.29, 1.82) is 0 Å². The predicted molar refractivity (Wildman–Crippen MR) is 83.3 cm³/mol. The topological polar surface area (TPSA) is 64.6 Å². The number of nitrogens with one attached hydrogen (secondary N) is 1. The Morgan fingerprint density at radius 1 is 1.27 bits per heavy atom.